The second-order valence-electron chi connectivity index (χ2n) is 7.01. The number of piperidine rings is 1. The number of benzene rings is 1. The van der Waals surface area contributed by atoms with Crippen molar-refractivity contribution in [3.05, 3.63) is 35.9 Å². The number of hydrogen-bond donors (Lipinski definition) is 2. The van der Waals surface area contributed by atoms with Crippen molar-refractivity contribution < 1.29 is 14.7 Å². The van der Waals surface area contributed by atoms with E-state index in [1.807, 2.05) is 18.2 Å². The van der Waals surface area contributed by atoms with Gasteiger partial charge in [0.25, 0.3) is 0 Å². The van der Waals surface area contributed by atoms with E-state index >= 15 is 0 Å². The maximum atomic E-state index is 12.7. The molecule has 1 aromatic rings. The summed E-state index contributed by atoms with van der Waals surface area (Å²) in [7, 11) is 0. The topological polar surface area (TPSA) is 69.6 Å². The lowest BCUT2D eigenvalue weighted by Crippen LogP contribution is -2.55. The number of aliphatic hydroxyl groups is 1. The normalized spacial score (nSPS) is 21.2. The summed E-state index contributed by atoms with van der Waals surface area (Å²) in [6.45, 7) is 2.90. The van der Waals surface area contributed by atoms with Crippen molar-refractivity contribution in [1.29, 1.82) is 0 Å². The molecule has 1 aromatic carbocycles. The van der Waals surface area contributed by atoms with Crippen LogP contribution in [0.3, 0.4) is 0 Å². The molecule has 1 saturated carbocycles. The van der Waals surface area contributed by atoms with Gasteiger partial charge in [-0.2, -0.15) is 0 Å². The number of aliphatic hydroxyl groups excluding tert-OH is 1. The minimum atomic E-state index is -0.882. The molecule has 1 aliphatic heterocycles. The fourth-order valence-corrected chi connectivity index (χ4v) is 3.36. The van der Waals surface area contributed by atoms with Crippen LogP contribution in [0, 0.1) is 5.92 Å². The molecule has 2 fully saturated rings. The molecular weight excluding hydrogens is 304 g/mol. The zero-order valence-corrected chi connectivity index (χ0v) is 14.1. The maximum absolute atomic E-state index is 12.7. The standard InChI is InChI=1S/C19H26N2O3/c1-13(22)17(20-18(23)16-7-8-16)19(24)21-11-9-15(10-12-21)14-5-3-2-4-6-14/h2-6,13,15-17,22H,7-12H2,1H3,(H,20,23). The van der Waals surface area contributed by atoms with E-state index in [4.69, 9.17) is 0 Å². The predicted octanol–water partition coefficient (Wildman–Crippen LogP) is 1.67. The number of amides is 2. The number of carbonyl (C=O) groups is 2. The summed E-state index contributed by atoms with van der Waals surface area (Å²) < 4.78 is 0. The van der Waals surface area contributed by atoms with Gasteiger partial charge >= 0.3 is 0 Å². The van der Waals surface area contributed by atoms with Gasteiger partial charge in [-0.1, -0.05) is 30.3 Å². The molecule has 0 spiro atoms. The Labute approximate surface area is 143 Å². The molecule has 3 rings (SSSR count). The van der Waals surface area contributed by atoms with Crippen LogP contribution in [0.25, 0.3) is 0 Å². The zero-order chi connectivity index (χ0) is 17.1. The first-order valence-electron chi connectivity index (χ1n) is 8.88. The highest BCUT2D eigenvalue weighted by Gasteiger charge is 2.36. The second-order valence-corrected chi connectivity index (χ2v) is 7.01. The van der Waals surface area contributed by atoms with Crippen molar-refractivity contribution in [1.82, 2.24) is 10.2 Å². The van der Waals surface area contributed by atoms with Crippen LogP contribution in [0.4, 0.5) is 0 Å². The lowest BCUT2D eigenvalue weighted by molar-refractivity contribution is -0.140. The van der Waals surface area contributed by atoms with E-state index in [2.05, 4.69) is 17.4 Å². The Morgan fingerprint density at radius 1 is 1.12 bits per heavy atom. The predicted molar refractivity (Wildman–Crippen MR) is 91.3 cm³/mol. The van der Waals surface area contributed by atoms with Gasteiger partial charge in [-0.05, 0) is 44.1 Å². The molecule has 0 aromatic heterocycles. The number of rotatable bonds is 5. The monoisotopic (exact) mass is 330 g/mol. The lowest BCUT2D eigenvalue weighted by atomic mass is 9.89. The van der Waals surface area contributed by atoms with Crippen molar-refractivity contribution in [3.8, 4) is 0 Å². The SMILES string of the molecule is CC(O)C(NC(=O)C1CC1)C(=O)N1CCC(c2ccccc2)CC1. The smallest absolute Gasteiger partial charge is 0.247 e. The third kappa shape index (κ3) is 3.96. The van der Waals surface area contributed by atoms with Gasteiger partial charge in [-0.3, -0.25) is 9.59 Å². The molecule has 2 atom stereocenters. The summed E-state index contributed by atoms with van der Waals surface area (Å²) in [5, 5.41) is 12.7. The van der Waals surface area contributed by atoms with Crippen molar-refractivity contribution in [3.63, 3.8) is 0 Å². The lowest BCUT2D eigenvalue weighted by Gasteiger charge is -2.35. The first-order valence-corrected chi connectivity index (χ1v) is 8.88. The number of hydrogen-bond acceptors (Lipinski definition) is 3. The van der Waals surface area contributed by atoms with Crippen LogP contribution in [-0.4, -0.2) is 47.1 Å². The Balaban J connectivity index is 1.57. The summed E-state index contributed by atoms with van der Waals surface area (Å²) in [4.78, 5) is 26.4. The van der Waals surface area contributed by atoms with E-state index in [1.165, 1.54) is 5.56 Å². The van der Waals surface area contributed by atoms with Crippen LogP contribution < -0.4 is 5.32 Å². The zero-order valence-electron chi connectivity index (χ0n) is 14.1. The van der Waals surface area contributed by atoms with Crippen LogP contribution in [-0.2, 0) is 9.59 Å². The van der Waals surface area contributed by atoms with Gasteiger partial charge in [0, 0.05) is 19.0 Å². The highest BCUT2D eigenvalue weighted by molar-refractivity contribution is 5.89. The second kappa shape index (κ2) is 7.34. The fourth-order valence-electron chi connectivity index (χ4n) is 3.36. The van der Waals surface area contributed by atoms with Gasteiger partial charge in [0.1, 0.15) is 6.04 Å². The molecular formula is C19H26N2O3. The first kappa shape index (κ1) is 17.0. The number of carbonyl (C=O) groups excluding carboxylic acids is 2. The van der Waals surface area contributed by atoms with Crippen LogP contribution in [0.15, 0.2) is 30.3 Å². The fraction of sp³-hybridized carbons (Fsp3) is 0.579. The molecule has 1 heterocycles. The molecule has 24 heavy (non-hydrogen) atoms. The van der Waals surface area contributed by atoms with Gasteiger partial charge in [0.15, 0.2) is 0 Å². The summed E-state index contributed by atoms with van der Waals surface area (Å²) in [5.41, 5.74) is 1.32. The molecule has 2 unspecified atom stereocenters. The average Bonchev–Trinajstić information content (AvgIpc) is 3.45. The Bertz CT molecular complexity index is 576. The van der Waals surface area contributed by atoms with Crippen LogP contribution >= 0.6 is 0 Å². The van der Waals surface area contributed by atoms with E-state index in [0.717, 1.165) is 25.7 Å². The summed E-state index contributed by atoms with van der Waals surface area (Å²) in [5.74, 6) is 0.239. The largest absolute Gasteiger partial charge is 0.391 e. The molecule has 2 aliphatic rings. The highest BCUT2D eigenvalue weighted by Crippen LogP contribution is 2.30. The summed E-state index contributed by atoms with van der Waals surface area (Å²) in [6.07, 6.45) is 2.72. The molecule has 1 saturated heterocycles. The van der Waals surface area contributed by atoms with Crippen molar-refractivity contribution in [2.45, 2.75) is 50.7 Å². The first-order chi connectivity index (χ1) is 11.6. The molecule has 0 radical (unpaired) electrons. The molecule has 5 heteroatoms. The van der Waals surface area contributed by atoms with Gasteiger partial charge in [0.2, 0.25) is 11.8 Å². The maximum Gasteiger partial charge on any atom is 0.247 e. The Hall–Kier alpha value is -1.88. The minimum Gasteiger partial charge on any atom is -0.391 e. The van der Waals surface area contributed by atoms with Crippen molar-refractivity contribution in [2.24, 2.45) is 5.92 Å². The summed E-state index contributed by atoms with van der Waals surface area (Å²) in [6, 6.07) is 9.55. The third-order valence-electron chi connectivity index (χ3n) is 5.07. The van der Waals surface area contributed by atoms with Crippen LogP contribution in [0.2, 0.25) is 0 Å². The van der Waals surface area contributed by atoms with Gasteiger partial charge in [-0.25, -0.2) is 0 Å². The van der Waals surface area contributed by atoms with Gasteiger partial charge < -0.3 is 15.3 Å². The molecule has 130 valence electrons. The van der Waals surface area contributed by atoms with E-state index < -0.39 is 12.1 Å². The molecule has 1 aliphatic carbocycles. The Morgan fingerprint density at radius 2 is 1.75 bits per heavy atom. The Morgan fingerprint density at radius 3 is 2.29 bits per heavy atom. The van der Waals surface area contributed by atoms with E-state index in [1.54, 1.807) is 11.8 Å². The van der Waals surface area contributed by atoms with Gasteiger partial charge in [0.05, 0.1) is 6.10 Å². The number of nitrogens with one attached hydrogen (secondary N) is 1. The average molecular weight is 330 g/mol. The molecule has 2 amide bonds. The van der Waals surface area contributed by atoms with E-state index in [9.17, 15) is 14.7 Å². The van der Waals surface area contributed by atoms with Crippen LogP contribution in [0.5, 0.6) is 0 Å². The molecule has 5 nitrogen and oxygen atoms in total. The van der Waals surface area contributed by atoms with E-state index in [0.29, 0.717) is 19.0 Å². The van der Waals surface area contributed by atoms with E-state index in [-0.39, 0.29) is 17.7 Å². The molecule has 0 bridgehead atoms. The van der Waals surface area contributed by atoms with Gasteiger partial charge in [-0.15, -0.1) is 0 Å². The third-order valence-corrected chi connectivity index (χ3v) is 5.07. The molecule has 2 N–H and O–H groups in total. The number of nitrogens with zero attached hydrogens (tertiary/aromatic N) is 1. The highest BCUT2D eigenvalue weighted by atomic mass is 16.3. The Kier molecular flexibility index (Phi) is 5.19. The quantitative estimate of drug-likeness (QED) is 0.863. The minimum absolute atomic E-state index is 0.0304. The number of likely N-dealkylation sites (tertiary alicyclic amines) is 1. The van der Waals surface area contributed by atoms with Crippen molar-refractivity contribution >= 4 is 11.8 Å². The summed E-state index contributed by atoms with van der Waals surface area (Å²) >= 11 is 0. The van der Waals surface area contributed by atoms with Crippen molar-refractivity contribution in [2.75, 3.05) is 13.1 Å². The van der Waals surface area contributed by atoms with Crippen LogP contribution in [0.1, 0.15) is 44.1 Å².